The van der Waals surface area contributed by atoms with Gasteiger partial charge in [0.2, 0.25) is 0 Å². The molecular formula is C11H15NO3. The van der Waals surface area contributed by atoms with Gasteiger partial charge in [0.1, 0.15) is 5.75 Å². The Morgan fingerprint density at radius 1 is 1.53 bits per heavy atom. The molecule has 0 bridgehead atoms. The lowest BCUT2D eigenvalue weighted by Gasteiger charge is -2.12. The summed E-state index contributed by atoms with van der Waals surface area (Å²) < 4.78 is 0. The van der Waals surface area contributed by atoms with Crippen LogP contribution >= 0.6 is 0 Å². The van der Waals surface area contributed by atoms with Crippen LogP contribution in [0.15, 0.2) is 18.2 Å². The van der Waals surface area contributed by atoms with E-state index in [1.807, 2.05) is 0 Å². The first-order valence-electron chi connectivity index (χ1n) is 4.76. The summed E-state index contributed by atoms with van der Waals surface area (Å²) in [5.41, 5.74) is 0.968. The first-order valence-corrected chi connectivity index (χ1v) is 4.76. The summed E-state index contributed by atoms with van der Waals surface area (Å²) in [5, 5.41) is 20.8. The lowest BCUT2D eigenvalue weighted by Crippen LogP contribution is -2.35. The van der Waals surface area contributed by atoms with Gasteiger partial charge in [-0.2, -0.15) is 0 Å². The molecule has 0 spiro atoms. The first kappa shape index (κ1) is 11.5. The second kappa shape index (κ2) is 4.79. The van der Waals surface area contributed by atoms with Crippen LogP contribution in [0.1, 0.15) is 22.8 Å². The number of aromatic hydroxyl groups is 1. The van der Waals surface area contributed by atoms with E-state index in [9.17, 15) is 9.90 Å². The predicted octanol–water partition coefficient (Wildman–Crippen LogP) is 0.811. The second-order valence-corrected chi connectivity index (χ2v) is 3.51. The van der Waals surface area contributed by atoms with Crippen LogP contribution in [0.3, 0.4) is 0 Å². The van der Waals surface area contributed by atoms with Crippen LogP contribution in [-0.2, 0) is 0 Å². The number of aliphatic hydroxyl groups excluding tert-OH is 1. The molecule has 0 aliphatic carbocycles. The fourth-order valence-electron chi connectivity index (χ4n) is 1.22. The summed E-state index contributed by atoms with van der Waals surface area (Å²) in [6.07, 6.45) is 0. The number of phenols is 1. The van der Waals surface area contributed by atoms with Crippen LogP contribution in [0.2, 0.25) is 0 Å². The molecule has 4 nitrogen and oxygen atoms in total. The largest absolute Gasteiger partial charge is 0.508 e. The Labute approximate surface area is 88.6 Å². The molecule has 82 valence electrons. The number of nitrogens with one attached hydrogen (secondary N) is 1. The lowest BCUT2D eigenvalue weighted by molar-refractivity contribution is 0.0921. The first-order chi connectivity index (χ1) is 7.06. The summed E-state index contributed by atoms with van der Waals surface area (Å²) in [6.45, 7) is 3.27. The van der Waals surface area contributed by atoms with Crippen molar-refractivity contribution in [3.8, 4) is 5.75 Å². The Balaban J connectivity index is 2.87. The Morgan fingerprint density at radius 2 is 2.20 bits per heavy atom. The van der Waals surface area contributed by atoms with Crippen molar-refractivity contribution < 1.29 is 15.0 Å². The van der Waals surface area contributed by atoms with Crippen molar-refractivity contribution in [3.05, 3.63) is 29.3 Å². The Morgan fingerprint density at radius 3 is 2.80 bits per heavy atom. The number of hydrogen-bond donors (Lipinski definition) is 3. The van der Waals surface area contributed by atoms with Crippen LogP contribution in [0.5, 0.6) is 5.75 Å². The standard InChI is InChI=1S/C11H15NO3/c1-7(6-13)12-11(15)9-4-3-5-10(14)8(9)2/h3-5,7,13-14H,6H2,1-2H3,(H,12,15). The SMILES string of the molecule is Cc1c(O)cccc1C(=O)NC(C)CO. The summed E-state index contributed by atoms with van der Waals surface area (Å²) in [5.74, 6) is -0.191. The fraction of sp³-hybridized carbons (Fsp3) is 0.364. The highest BCUT2D eigenvalue weighted by atomic mass is 16.3. The average Bonchev–Trinajstić information content (AvgIpc) is 2.21. The maximum atomic E-state index is 11.7. The van der Waals surface area contributed by atoms with E-state index in [4.69, 9.17) is 5.11 Å². The molecule has 1 rings (SSSR count). The average molecular weight is 209 g/mol. The number of phenolic OH excluding ortho intramolecular Hbond substituents is 1. The zero-order valence-electron chi connectivity index (χ0n) is 8.82. The van der Waals surface area contributed by atoms with Crippen LogP contribution in [0.4, 0.5) is 0 Å². The zero-order valence-corrected chi connectivity index (χ0v) is 8.82. The molecule has 0 radical (unpaired) electrons. The maximum Gasteiger partial charge on any atom is 0.251 e. The highest BCUT2D eigenvalue weighted by Crippen LogP contribution is 2.19. The van der Waals surface area contributed by atoms with Crippen LogP contribution < -0.4 is 5.32 Å². The molecule has 0 heterocycles. The summed E-state index contributed by atoms with van der Waals surface area (Å²) >= 11 is 0. The number of rotatable bonds is 3. The number of aliphatic hydroxyl groups is 1. The van der Waals surface area contributed by atoms with Crippen molar-refractivity contribution in [1.82, 2.24) is 5.32 Å². The topological polar surface area (TPSA) is 69.6 Å². The van der Waals surface area contributed by atoms with E-state index in [1.165, 1.54) is 6.07 Å². The Hall–Kier alpha value is -1.55. The minimum Gasteiger partial charge on any atom is -0.508 e. The summed E-state index contributed by atoms with van der Waals surface area (Å²) in [6, 6.07) is 4.48. The molecule has 0 aliphatic rings. The Kier molecular flexibility index (Phi) is 3.68. The van der Waals surface area contributed by atoms with Gasteiger partial charge in [-0.15, -0.1) is 0 Å². The van der Waals surface area contributed by atoms with Gasteiger partial charge in [-0.3, -0.25) is 4.79 Å². The monoisotopic (exact) mass is 209 g/mol. The van der Waals surface area contributed by atoms with Gasteiger partial charge < -0.3 is 15.5 Å². The van der Waals surface area contributed by atoms with Gasteiger partial charge in [0.25, 0.3) is 5.91 Å². The third-order valence-electron chi connectivity index (χ3n) is 2.20. The van der Waals surface area contributed by atoms with Gasteiger partial charge in [0.15, 0.2) is 0 Å². The molecule has 1 aromatic rings. The van der Waals surface area contributed by atoms with E-state index >= 15 is 0 Å². The molecule has 3 N–H and O–H groups in total. The van der Waals surface area contributed by atoms with Crippen LogP contribution in [0, 0.1) is 6.92 Å². The van der Waals surface area contributed by atoms with E-state index in [0.717, 1.165) is 0 Å². The van der Waals surface area contributed by atoms with Gasteiger partial charge in [0.05, 0.1) is 6.61 Å². The van der Waals surface area contributed by atoms with Gasteiger partial charge in [-0.05, 0) is 26.0 Å². The maximum absolute atomic E-state index is 11.7. The molecule has 15 heavy (non-hydrogen) atoms. The molecule has 1 unspecified atom stereocenters. The van der Waals surface area contributed by atoms with E-state index in [2.05, 4.69) is 5.32 Å². The number of hydrogen-bond acceptors (Lipinski definition) is 3. The molecule has 0 saturated heterocycles. The molecule has 1 amide bonds. The zero-order chi connectivity index (χ0) is 11.4. The fourth-order valence-corrected chi connectivity index (χ4v) is 1.22. The molecule has 1 aromatic carbocycles. The summed E-state index contributed by atoms with van der Waals surface area (Å²) in [4.78, 5) is 11.7. The van der Waals surface area contributed by atoms with E-state index in [0.29, 0.717) is 11.1 Å². The minimum atomic E-state index is -0.292. The molecule has 1 atom stereocenters. The van der Waals surface area contributed by atoms with E-state index < -0.39 is 0 Å². The quantitative estimate of drug-likeness (QED) is 0.690. The third-order valence-corrected chi connectivity index (χ3v) is 2.20. The normalized spacial score (nSPS) is 12.2. The Bertz CT molecular complexity index is 363. The molecule has 0 aliphatic heterocycles. The lowest BCUT2D eigenvalue weighted by atomic mass is 10.1. The van der Waals surface area contributed by atoms with Crippen molar-refractivity contribution in [2.75, 3.05) is 6.61 Å². The van der Waals surface area contributed by atoms with Gasteiger partial charge >= 0.3 is 0 Å². The predicted molar refractivity (Wildman–Crippen MR) is 56.9 cm³/mol. The molecular weight excluding hydrogens is 194 g/mol. The van der Waals surface area contributed by atoms with Crippen molar-refractivity contribution in [2.24, 2.45) is 0 Å². The van der Waals surface area contributed by atoms with Crippen molar-refractivity contribution in [2.45, 2.75) is 19.9 Å². The summed E-state index contributed by atoms with van der Waals surface area (Å²) in [7, 11) is 0. The van der Waals surface area contributed by atoms with Gasteiger partial charge in [-0.1, -0.05) is 6.07 Å². The van der Waals surface area contributed by atoms with Crippen molar-refractivity contribution >= 4 is 5.91 Å². The molecule has 0 fully saturated rings. The number of benzene rings is 1. The number of carbonyl (C=O) groups is 1. The van der Waals surface area contributed by atoms with Gasteiger partial charge in [-0.25, -0.2) is 0 Å². The third kappa shape index (κ3) is 2.70. The highest BCUT2D eigenvalue weighted by molar-refractivity contribution is 5.96. The van der Waals surface area contributed by atoms with Crippen molar-refractivity contribution in [3.63, 3.8) is 0 Å². The van der Waals surface area contributed by atoms with Crippen LogP contribution in [0.25, 0.3) is 0 Å². The molecule has 0 aromatic heterocycles. The molecule has 0 saturated carbocycles. The van der Waals surface area contributed by atoms with Crippen molar-refractivity contribution in [1.29, 1.82) is 0 Å². The van der Waals surface area contributed by atoms with E-state index in [1.54, 1.807) is 26.0 Å². The molecule has 4 heteroatoms. The number of amides is 1. The minimum absolute atomic E-state index is 0.0966. The van der Waals surface area contributed by atoms with Gasteiger partial charge in [0, 0.05) is 17.2 Å². The second-order valence-electron chi connectivity index (χ2n) is 3.51. The number of carbonyl (C=O) groups excluding carboxylic acids is 1. The highest BCUT2D eigenvalue weighted by Gasteiger charge is 2.12. The smallest absolute Gasteiger partial charge is 0.251 e. The van der Waals surface area contributed by atoms with Crippen LogP contribution in [-0.4, -0.2) is 28.8 Å². The van der Waals surface area contributed by atoms with E-state index in [-0.39, 0.29) is 24.3 Å².